The zero-order valence-electron chi connectivity index (χ0n) is 14.9. The predicted octanol–water partition coefficient (Wildman–Crippen LogP) is 2.72. The molecule has 0 saturated carbocycles. The van der Waals surface area contributed by atoms with Crippen LogP contribution in [0.25, 0.3) is 0 Å². The van der Waals surface area contributed by atoms with Gasteiger partial charge in [-0.2, -0.15) is 0 Å². The van der Waals surface area contributed by atoms with Crippen molar-refractivity contribution in [3.8, 4) is 0 Å². The third kappa shape index (κ3) is 5.59. The summed E-state index contributed by atoms with van der Waals surface area (Å²) >= 11 is 12.2. The smallest absolute Gasteiger partial charge is 0.225 e. The lowest BCUT2D eigenvalue weighted by molar-refractivity contribution is -0.138. The van der Waals surface area contributed by atoms with Crippen molar-refractivity contribution in [3.05, 3.63) is 33.3 Å². The molecule has 1 aromatic rings. The Morgan fingerprint density at radius 1 is 1.36 bits per heavy atom. The Morgan fingerprint density at radius 3 is 2.72 bits per heavy atom. The maximum absolute atomic E-state index is 12.5. The number of carbonyl (C=O) groups is 2. The Bertz CT molecular complexity index is 626. The van der Waals surface area contributed by atoms with E-state index in [1.165, 1.54) is 0 Å². The number of rotatable bonds is 6. The van der Waals surface area contributed by atoms with Gasteiger partial charge in [-0.05, 0) is 50.7 Å². The summed E-state index contributed by atoms with van der Waals surface area (Å²) in [6.45, 7) is 4.20. The second-order valence-electron chi connectivity index (χ2n) is 6.78. The predicted molar refractivity (Wildman–Crippen MR) is 101 cm³/mol. The lowest BCUT2D eigenvalue weighted by Gasteiger charge is -2.32. The van der Waals surface area contributed by atoms with E-state index in [-0.39, 0.29) is 17.7 Å². The van der Waals surface area contributed by atoms with Gasteiger partial charge >= 0.3 is 0 Å². The summed E-state index contributed by atoms with van der Waals surface area (Å²) in [6.07, 6.45) is 1.02. The van der Waals surface area contributed by atoms with Crippen molar-refractivity contribution in [1.82, 2.24) is 15.1 Å². The van der Waals surface area contributed by atoms with Crippen LogP contribution in [-0.4, -0.2) is 55.3 Å². The molecule has 1 N–H and O–H groups in total. The van der Waals surface area contributed by atoms with Gasteiger partial charge in [0.25, 0.3) is 0 Å². The molecule has 0 radical (unpaired) electrons. The SMILES string of the molecule is Cc1cc(Cl)cc(Cl)c1CNC(=O)C1CCC(=O)N(CCN(C)C)C1. The number of likely N-dealkylation sites (tertiary alicyclic amines) is 1. The van der Waals surface area contributed by atoms with Crippen LogP contribution in [0.3, 0.4) is 0 Å². The molecule has 1 aliphatic heterocycles. The molecular weight excluding hydrogens is 361 g/mol. The molecule has 25 heavy (non-hydrogen) atoms. The molecule has 1 heterocycles. The van der Waals surface area contributed by atoms with Gasteiger partial charge in [-0.25, -0.2) is 0 Å². The molecule has 1 aromatic carbocycles. The number of nitrogens with zero attached hydrogens (tertiary/aromatic N) is 2. The van der Waals surface area contributed by atoms with Gasteiger partial charge in [0.1, 0.15) is 0 Å². The van der Waals surface area contributed by atoms with Crippen LogP contribution >= 0.6 is 23.2 Å². The first-order valence-corrected chi connectivity index (χ1v) is 9.18. The monoisotopic (exact) mass is 385 g/mol. The van der Waals surface area contributed by atoms with E-state index in [2.05, 4.69) is 5.32 Å². The lowest BCUT2D eigenvalue weighted by atomic mass is 9.96. The number of amides is 2. The van der Waals surface area contributed by atoms with Crippen LogP contribution in [0.15, 0.2) is 12.1 Å². The fourth-order valence-electron chi connectivity index (χ4n) is 2.94. The maximum atomic E-state index is 12.5. The van der Waals surface area contributed by atoms with E-state index in [9.17, 15) is 9.59 Å². The van der Waals surface area contributed by atoms with Gasteiger partial charge in [0, 0.05) is 42.6 Å². The summed E-state index contributed by atoms with van der Waals surface area (Å²) in [4.78, 5) is 28.4. The van der Waals surface area contributed by atoms with Gasteiger partial charge in [-0.3, -0.25) is 9.59 Å². The van der Waals surface area contributed by atoms with E-state index in [0.29, 0.717) is 42.5 Å². The van der Waals surface area contributed by atoms with Crippen molar-refractivity contribution in [2.24, 2.45) is 5.92 Å². The third-order valence-electron chi connectivity index (χ3n) is 4.51. The van der Waals surface area contributed by atoms with Gasteiger partial charge in [0.2, 0.25) is 11.8 Å². The number of nitrogens with one attached hydrogen (secondary N) is 1. The quantitative estimate of drug-likeness (QED) is 0.818. The lowest BCUT2D eigenvalue weighted by Crippen LogP contribution is -2.47. The van der Waals surface area contributed by atoms with Crippen molar-refractivity contribution in [2.75, 3.05) is 33.7 Å². The highest BCUT2D eigenvalue weighted by atomic mass is 35.5. The third-order valence-corrected chi connectivity index (χ3v) is 5.07. The van der Waals surface area contributed by atoms with E-state index < -0.39 is 0 Å². The number of likely N-dealkylation sites (N-methyl/N-ethyl adjacent to an activating group) is 1. The highest BCUT2D eigenvalue weighted by Gasteiger charge is 2.30. The highest BCUT2D eigenvalue weighted by molar-refractivity contribution is 6.35. The van der Waals surface area contributed by atoms with E-state index in [0.717, 1.165) is 17.7 Å². The Balaban J connectivity index is 1.93. The minimum Gasteiger partial charge on any atom is -0.352 e. The van der Waals surface area contributed by atoms with E-state index in [1.54, 1.807) is 11.0 Å². The molecule has 7 heteroatoms. The van der Waals surface area contributed by atoms with Crippen LogP contribution in [0.2, 0.25) is 10.0 Å². The summed E-state index contributed by atoms with van der Waals surface area (Å²) in [7, 11) is 3.94. The molecule has 138 valence electrons. The number of hydrogen-bond donors (Lipinski definition) is 1. The molecule has 1 aliphatic rings. The normalized spacial score (nSPS) is 17.9. The Kier molecular flexibility index (Phi) is 7.11. The van der Waals surface area contributed by atoms with Crippen molar-refractivity contribution in [2.45, 2.75) is 26.3 Å². The van der Waals surface area contributed by atoms with Crippen molar-refractivity contribution in [3.63, 3.8) is 0 Å². The van der Waals surface area contributed by atoms with Crippen LogP contribution in [0.1, 0.15) is 24.0 Å². The van der Waals surface area contributed by atoms with E-state index >= 15 is 0 Å². The average Bonchev–Trinajstić information content (AvgIpc) is 2.52. The fourth-order valence-corrected chi connectivity index (χ4v) is 3.60. The van der Waals surface area contributed by atoms with E-state index in [4.69, 9.17) is 23.2 Å². The minimum atomic E-state index is -0.175. The molecule has 2 amide bonds. The number of halogens is 2. The minimum absolute atomic E-state index is 0.0345. The topological polar surface area (TPSA) is 52.7 Å². The van der Waals surface area contributed by atoms with Crippen molar-refractivity contribution >= 4 is 35.0 Å². The highest BCUT2D eigenvalue weighted by Crippen LogP contribution is 2.25. The van der Waals surface area contributed by atoms with Gasteiger partial charge in [0.15, 0.2) is 0 Å². The first kappa shape index (κ1) is 20.0. The van der Waals surface area contributed by atoms with E-state index in [1.807, 2.05) is 32.0 Å². The zero-order valence-corrected chi connectivity index (χ0v) is 16.5. The summed E-state index contributed by atoms with van der Waals surface area (Å²) < 4.78 is 0. The molecule has 2 rings (SSSR count). The molecule has 1 unspecified atom stereocenters. The Morgan fingerprint density at radius 2 is 2.08 bits per heavy atom. The van der Waals surface area contributed by atoms with Crippen LogP contribution in [0.5, 0.6) is 0 Å². The molecule has 5 nitrogen and oxygen atoms in total. The summed E-state index contributed by atoms with van der Waals surface area (Å²) in [5.74, 6) is -0.0819. The number of benzene rings is 1. The summed E-state index contributed by atoms with van der Waals surface area (Å²) in [6, 6.07) is 3.51. The standard InChI is InChI=1S/C18H25Cl2N3O2/c1-12-8-14(19)9-16(20)15(12)10-21-18(25)13-4-5-17(24)23(11-13)7-6-22(2)3/h8-9,13H,4-7,10-11H2,1-3H3,(H,21,25). The first-order valence-electron chi connectivity index (χ1n) is 8.42. The largest absolute Gasteiger partial charge is 0.352 e. The molecule has 0 aliphatic carbocycles. The Labute approximate surface area is 159 Å². The molecule has 1 atom stereocenters. The average molecular weight is 386 g/mol. The van der Waals surface area contributed by atoms with Gasteiger partial charge in [-0.15, -0.1) is 0 Å². The van der Waals surface area contributed by atoms with Crippen LogP contribution in [0.4, 0.5) is 0 Å². The molecule has 1 saturated heterocycles. The number of piperidine rings is 1. The number of aryl methyl sites for hydroxylation is 1. The van der Waals surface area contributed by atoms with Gasteiger partial charge < -0.3 is 15.1 Å². The molecular formula is C18H25Cl2N3O2. The molecule has 0 bridgehead atoms. The molecule has 0 spiro atoms. The second-order valence-corrected chi connectivity index (χ2v) is 7.62. The molecule has 0 aromatic heterocycles. The number of carbonyl (C=O) groups excluding carboxylic acids is 2. The summed E-state index contributed by atoms with van der Waals surface area (Å²) in [5, 5.41) is 4.09. The Hall–Kier alpha value is -1.30. The van der Waals surface area contributed by atoms with Crippen molar-refractivity contribution < 1.29 is 9.59 Å². The zero-order chi connectivity index (χ0) is 18.6. The van der Waals surface area contributed by atoms with Crippen LogP contribution in [0, 0.1) is 12.8 Å². The fraction of sp³-hybridized carbons (Fsp3) is 0.556. The maximum Gasteiger partial charge on any atom is 0.225 e. The second kappa shape index (κ2) is 8.88. The molecule has 1 fully saturated rings. The van der Waals surface area contributed by atoms with Gasteiger partial charge in [-0.1, -0.05) is 23.2 Å². The van der Waals surface area contributed by atoms with Gasteiger partial charge in [0.05, 0.1) is 5.92 Å². The first-order chi connectivity index (χ1) is 11.8. The van der Waals surface area contributed by atoms with Crippen LogP contribution in [-0.2, 0) is 16.1 Å². The van der Waals surface area contributed by atoms with Crippen LogP contribution < -0.4 is 5.32 Å². The number of hydrogen-bond acceptors (Lipinski definition) is 3. The summed E-state index contributed by atoms with van der Waals surface area (Å²) in [5.41, 5.74) is 1.82. The van der Waals surface area contributed by atoms with Crippen molar-refractivity contribution in [1.29, 1.82) is 0 Å².